The normalized spacial score (nSPS) is 27.2. The van der Waals surface area contributed by atoms with E-state index in [4.69, 9.17) is 28.0 Å². The fourth-order valence-electron chi connectivity index (χ4n) is 9.58. The van der Waals surface area contributed by atoms with Crippen molar-refractivity contribution in [2.75, 3.05) is 33.0 Å². The van der Waals surface area contributed by atoms with Crippen molar-refractivity contribution in [3.05, 3.63) is 0 Å². The molecule has 1 saturated heterocycles. The van der Waals surface area contributed by atoms with Crippen LogP contribution in [0.4, 0.5) is 0 Å². The van der Waals surface area contributed by atoms with Crippen molar-refractivity contribution in [2.24, 2.45) is 0 Å². The molecular formula is C53H104NO16P. The second-order valence-corrected chi connectivity index (χ2v) is 21.9. The van der Waals surface area contributed by atoms with Crippen molar-refractivity contribution in [3.8, 4) is 0 Å². The van der Waals surface area contributed by atoms with Crippen LogP contribution in [0.2, 0.25) is 0 Å². The molecule has 17 nitrogen and oxygen atoms in total. The minimum atomic E-state index is -5.17. The molecule has 0 aromatic rings. The summed E-state index contributed by atoms with van der Waals surface area (Å²) in [5.41, 5.74) is 0. The average molecular weight is 1040 g/mol. The molecule has 13 atom stereocenters. The third kappa shape index (κ3) is 29.3. The summed E-state index contributed by atoms with van der Waals surface area (Å²) in [6.07, 6.45) is 20.2. The van der Waals surface area contributed by atoms with Crippen LogP contribution >= 0.6 is 7.82 Å². The molecular weight excluding hydrogens is 938 g/mol. The molecule has 1 saturated carbocycles. The number of phosphoric acid groups is 1. The number of phosphoric ester groups is 1. The number of rotatable bonds is 46. The van der Waals surface area contributed by atoms with Gasteiger partial charge in [-0.15, -0.1) is 0 Å². The van der Waals surface area contributed by atoms with Gasteiger partial charge in [-0.05, 0) is 12.8 Å². The van der Waals surface area contributed by atoms with Gasteiger partial charge in [-0.3, -0.25) is 13.8 Å². The maximum Gasteiger partial charge on any atom is 0.472 e. The molecule has 0 bridgehead atoms. The number of aliphatic hydroxyl groups excluding tert-OH is 7. The molecule has 422 valence electrons. The lowest BCUT2D eigenvalue weighted by atomic mass is 9.84. The number of hydrogen-bond donors (Lipinski definition) is 9. The summed E-state index contributed by atoms with van der Waals surface area (Å²) in [6, 6.07) is -1.51. The lowest BCUT2D eigenvalue weighted by Crippen LogP contribution is -2.69. The number of nitrogens with one attached hydrogen (secondary N) is 1. The highest BCUT2D eigenvalue weighted by Crippen LogP contribution is 2.48. The zero-order chi connectivity index (χ0) is 52.1. The van der Waals surface area contributed by atoms with Crippen LogP contribution < -0.4 is 5.32 Å². The number of carbonyl (C=O) groups excluding carboxylic acids is 1. The zero-order valence-electron chi connectivity index (χ0n) is 44.4. The lowest BCUT2D eigenvalue weighted by Gasteiger charge is -2.48. The van der Waals surface area contributed by atoms with Crippen LogP contribution in [0.3, 0.4) is 0 Å². The van der Waals surface area contributed by atoms with Crippen LogP contribution in [0.1, 0.15) is 226 Å². The first-order valence-electron chi connectivity index (χ1n) is 28.4. The highest BCUT2D eigenvalue weighted by molar-refractivity contribution is 7.47. The molecule has 0 aromatic heterocycles. The van der Waals surface area contributed by atoms with E-state index >= 15 is 0 Å². The first kappa shape index (κ1) is 66.3. The molecule has 1 aliphatic heterocycles. The predicted molar refractivity (Wildman–Crippen MR) is 275 cm³/mol. The van der Waals surface area contributed by atoms with Crippen LogP contribution in [0.15, 0.2) is 0 Å². The molecule has 9 N–H and O–H groups in total. The number of aliphatic hydroxyl groups is 7. The molecule has 2 fully saturated rings. The maximum absolute atomic E-state index is 13.6. The van der Waals surface area contributed by atoms with Gasteiger partial charge in [0.2, 0.25) is 5.91 Å². The monoisotopic (exact) mass is 1040 g/mol. The van der Waals surface area contributed by atoms with Gasteiger partial charge in [0.15, 0.2) is 6.29 Å². The number of carbonyl (C=O) groups is 1. The predicted octanol–water partition coefficient (Wildman–Crippen LogP) is 8.20. The van der Waals surface area contributed by atoms with Crippen molar-refractivity contribution in [2.45, 2.75) is 300 Å². The third-order valence-electron chi connectivity index (χ3n) is 14.1. The maximum atomic E-state index is 13.6. The number of amides is 1. The van der Waals surface area contributed by atoms with E-state index in [0.717, 1.165) is 51.9 Å². The summed E-state index contributed by atoms with van der Waals surface area (Å²) in [6.45, 7) is 5.28. The fraction of sp³-hybridized carbons (Fsp3) is 0.981. The Hall–Kier alpha value is -0.860. The minimum Gasteiger partial charge on any atom is -0.394 e. The molecule has 1 unspecified atom stereocenters. The van der Waals surface area contributed by atoms with Crippen molar-refractivity contribution in [1.82, 2.24) is 5.32 Å². The van der Waals surface area contributed by atoms with Gasteiger partial charge in [-0.25, -0.2) is 4.57 Å². The molecule has 1 aliphatic carbocycles. The Morgan fingerprint density at radius 2 is 0.930 bits per heavy atom. The van der Waals surface area contributed by atoms with Crippen molar-refractivity contribution in [1.29, 1.82) is 0 Å². The summed E-state index contributed by atoms with van der Waals surface area (Å²) in [5.74, 6) is -0.678. The smallest absolute Gasteiger partial charge is 0.394 e. The van der Waals surface area contributed by atoms with E-state index in [1.807, 2.05) is 0 Å². The Morgan fingerprint density at radius 3 is 1.34 bits per heavy atom. The van der Waals surface area contributed by atoms with Gasteiger partial charge >= 0.3 is 7.82 Å². The number of hydrogen-bond acceptors (Lipinski definition) is 15. The van der Waals surface area contributed by atoms with Gasteiger partial charge in [0.25, 0.3) is 0 Å². The van der Waals surface area contributed by atoms with E-state index in [9.17, 15) is 50.0 Å². The minimum absolute atomic E-state index is 0.0722. The van der Waals surface area contributed by atoms with Gasteiger partial charge in [0, 0.05) is 20.1 Å². The Labute approximate surface area is 428 Å². The second-order valence-electron chi connectivity index (χ2n) is 20.5. The highest BCUT2D eigenvalue weighted by atomic mass is 31.2. The molecule has 18 heteroatoms. The summed E-state index contributed by atoms with van der Waals surface area (Å²) < 4.78 is 47.8. The third-order valence-corrected chi connectivity index (χ3v) is 15.0. The van der Waals surface area contributed by atoms with Crippen molar-refractivity contribution < 1.29 is 78.0 Å². The lowest BCUT2D eigenvalue weighted by molar-refractivity contribution is -0.317. The average Bonchev–Trinajstić information content (AvgIpc) is 3.35. The topological polar surface area (TPSA) is 263 Å². The Bertz CT molecular complexity index is 1320. The second kappa shape index (κ2) is 41.3. The van der Waals surface area contributed by atoms with Gasteiger partial charge < -0.3 is 64.9 Å². The first-order chi connectivity index (χ1) is 34.3. The summed E-state index contributed by atoms with van der Waals surface area (Å²) in [4.78, 5) is 23.0. The molecule has 71 heavy (non-hydrogen) atoms. The summed E-state index contributed by atoms with van der Waals surface area (Å²) in [7, 11) is -5.17. The standard InChI is InChI=1S/C53H104NO16P/c1-4-6-8-10-12-14-16-18-20-22-24-26-28-30-32-34-36-65-39-42(66-37-35-33-31-29-27-25-23-21-19-17-15-13-11-9-7-5-2)40-67-71(63,64)70-52-50(62)48(60)47(59)49(61)51(52)69-53-44(54-41(3)56)46(58)45(57)43(38-55)68-53/h42-53,55,57-62H,4-40H2,1-3H3,(H,54,56)(H,63,64)/t42-,43-,44-,45-,46-,47-,48-,49+,50-,51-,52-,53-/m1/s1. The summed E-state index contributed by atoms with van der Waals surface area (Å²) >= 11 is 0. The van der Waals surface area contributed by atoms with E-state index in [-0.39, 0.29) is 6.61 Å². The molecule has 0 aromatic carbocycles. The van der Waals surface area contributed by atoms with Crippen LogP contribution in [0, 0.1) is 0 Å². The van der Waals surface area contributed by atoms with Gasteiger partial charge in [0.05, 0.1) is 19.8 Å². The zero-order valence-corrected chi connectivity index (χ0v) is 45.3. The van der Waals surface area contributed by atoms with Crippen LogP contribution in [0.5, 0.6) is 0 Å². The highest BCUT2D eigenvalue weighted by Gasteiger charge is 2.55. The molecule has 1 heterocycles. The molecule has 1 amide bonds. The van der Waals surface area contributed by atoms with Crippen molar-refractivity contribution >= 4 is 13.7 Å². The number of ether oxygens (including phenoxy) is 4. The molecule has 2 aliphatic rings. The van der Waals surface area contributed by atoms with Crippen LogP contribution in [-0.2, 0) is 37.4 Å². The SMILES string of the molecule is CCCCCCCCCCCCCCCCCCOC[C@H](COP(=O)(O)O[C@@H]1[C@H](O)[C@H](O)[C@@H](O)[C@H](O)[C@H]1O[C@H]1O[C@H](CO)[C@@H](O)[C@H](O)[C@H]1NC(C)=O)OCCCCCCCCCCCCCCCCCC. The van der Waals surface area contributed by atoms with E-state index in [1.54, 1.807) is 0 Å². The summed E-state index contributed by atoms with van der Waals surface area (Å²) in [5, 5.41) is 76.5. The van der Waals surface area contributed by atoms with Gasteiger partial charge in [0.1, 0.15) is 67.1 Å². The van der Waals surface area contributed by atoms with Crippen molar-refractivity contribution in [3.63, 3.8) is 0 Å². The molecule has 0 spiro atoms. The van der Waals surface area contributed by atoms with Gasteiger partial charge in [-0.2, -0.15) is 0 Å². The quantitative estimate of drug-likeness (QED) is 0.0205. The Balaban J connectivity index is 1.89. The Morgan fingerprint density at radius 1 is 0.535 bits per heavy atom. The first-order valence-corrected chi connectivity index (χ1v) is 29.9. The van der Waals surface area contributed by atoms with Crippen LogP contribution in [-0.4, -0.2) is 153 Å². The van der Waals surface area contributed by atoms with E-state index in [1.165, 1.54) is 161 Å². The molecule has 2 rings (SSSR count). The fourth-order valence-corrected chi connectivity index (χ4v) is 10.5. The number of unbranched alkanes of at least 4 members (excludes halogenated alkanes) is 30. The van der Waals surface area contributed by atoms with Gasteiger partial charge in [-0.1, -0.05) is 206 Å². The van der Waals surface area contributed by atoms with E-state index in [2.05, 4.69) is 19.2 Å². The van der Waals surface area contributed by atoms with E-state index < -0.39 is 100 Å². The van der Waals surface area contributed by atoms with E-state index in [0.29, 0.717) is 13.2 Å². The van der Waals surface area contributed by atoms with Crippen LogP contribution in [0.25, 0.3) is 0 Å². The Kier molecular flexibility index (Phi) is 38.6. The molecule has 0 radical (unpaired) electrons. The largest absolute Gasteiger partial charge is 0.472 e.